The Bertz CT molecular complexity index is 3470. The largest absolute Gasteiger partial charge is 0.457 e. The van der Waals surface area contributed by atoms with Crippen molar-refractivity contribution in [3.63, 3.8) is 0 Å². The van der Waals surface area contributed by atoms with E-state index in [1.54, 1.807) is 11.3 Å². The Morgan fingerprint density at radius 3 is 1.86 bits per heavy atom. The summed E-state index contributed by atoms with van der Waals surface area (Å²) in [6.07, 6.45) is 0. The van der Waals surface area contributed by atoms with Crippen LogP contribution < -0.4 is 4.74 Å². The van der Waals surface area contributed by atoms with E-state index in [0.717, 1.165) is 76.7 Å². The van der Waals surface area contributed by atoms with Gasteiger partial charge in [-0.15, -0.1) is 11.3 Å². The fourth-order valence-corrected chi connectivity index (χ4v) is 10.8. The monoisotopic (exact) mass is 759 g/mol. The van der Waals surface area contributed by atoms with Gasteiger partial charge < -0.3 is 9.15 Å². The summed E-state index contributed by atoms with van der Waals surface area (Å²) in [6, 6.07) is 61.7. The molecule has 0 fully saturated rings. The Kier molecular flexibility index (Phi) is 6.46. The Labute approximate surface area is 336 Å². The van der Waals surface area contributed by atoms with E-state index in [1.807, 2.05) is 36.4 Å². The molecule has 0 atom stereocenters. The third-order valence-electron chi connectivity index (χ3n) is 12.0. The minimum absolute atomic E-state index is 0.551. The van der Waals surface area contributed by atoms with Gasteiger partial charge in [0.1, 0.15) is 22.7 Å². The molecule has 0 N–H and O–H groups in total. The first-order valence-electron chi connectivity index (χ1n) is 19.4. The first-order chi connectivity index (χ1) is 28.7. The van der Waals surface area contributed by atoms with Gasteiger partial charge >= 0.3 is 0 Å². The standard InChI is InChI=1S/C52H29N3O2S/c1-2-14-30(15-3-1)49-53-50(55-51(54-49)37-29-36-34-18-6-11-23-42(34)57-47(36)46-35-19-7-13-25-45(35)58-48(37)46)31-26-27-41-44(28-31)56-43-24-12-10-22-40(43)52(41)38-20-8-4-16-32(38)33-17-5-9-21-39(33)52/h1-29H. The molecule has 1 aliphatic heterocycles. The van der Waals surface area contributed by atoms with E-state index in [0.29, 0.717) is 17.5 Å². The normalized spacial score (nSPS) is 13.4. The second-order valence-electron chi connectivity index (χ2n) is 15.0. The van der Waals surface area contributed by atoms with E-state index in [9.17, 15) is 0 Å². The maximum absolute atomic E-state index is 6.88. The molecule has 0 unspecified atom stereocenters. The van der Waals surface area contributed by atoms with Gasteiger partial charge in [0.15, 0.2) is 17.5 Å². The van der Waals surface area contributed by atoms with Crippen molar-refractivity contribution in [3.05, 3.63) is 198 Å². The zero-order chi connectivity index (χ0) is 38.0. The summed E-state index contributed by atoms with van der Waals surface area (Å²) in [5.74, 6) is 3.40. The van der Waals surface area contributed by atoms with Gasteiger partial charge in [0.25, 0.3) is 0 Å². The van der Waals surface area contributed by atoms with Gasteiger partial charge in [-0.2, -0.15) is 0 Å². The van der Waals surface area contributed by atoms with Crippen LogP contribution in [0.15, 0.2) is 180 Å². The second-order valence-corrected chi connectivity index (χ2v) is 16.1. The van der Waals surface area contributed by atoms with Crippen molar-refractivity contribution < 1.29 is 9.15 Å². The predicted molar refractivity (Wildman–Crippen MR) is 234 cm³/mol. The van der Waals surface area contributed by atoms with E-state index in [2.05, 4.69) is 140 Å². The molecule has 6 heteroatoms. The predicted octanol–water partition coefficient (Wildman–Crippen LogP) is 13.6. The van der Waals surface area contributed by atoms with Crippen molar-refractivity contribution in [3.8, 4) is 56.8 Å². The van der Waals surface area contributed by atoms with E-state index in [-0.39, 0.29) is 0 Å². The van der Waals surface area contributed by atoms with Gasteiger partial charge in [0.2, 0.25) is 0 Å². The third kappa shape index (κ3) is 4.27. The van der Waals surface area contributed by atoms with Gasteiger partial charge in [0.05, 0.1) is 10.1 Å². The molecule has 0 bridgehead atoms. The highest BCUT2D eigenvalue weighted by Crippen LogP contribution is 2.62. The molecule has 270 valence electrons. The molecule has 4 heterocycles. The average molecular weight is 760 g/mol. The van der Waals surface area contributed by atoms with Gasteiger partial charge in [-0.1, -0.05) is 146 Å². The molecule has 58 heavy (non-hydrogen) atoms. The minimum Gasteiger partial charge on any atom is -0.457 e. The minimum atomic E-state index is -0.551. The lowest BCUT2D eigenvalue weighted by molar-refractivity contribution is 0.436. The smallest absolute Gasteiger partial charge is 0.165 e. The third-order valence-corrected chi connectivity index (χ3v) is 13.2. The van der Waals surface area contributed by atoms with Crippen molar-refractivity contribution in [2.75, 3.05) is 0 Å². The molecule has 11 aromatic rings. The summed E-state index contributed by atoms with van der Waals surface area (Å²) in [4.78, 5) is 15.8. The maximum Gasteiger partial charge on any atom is 0.165 e. The van der Waals surface area contributed by atoms with Crippen molar-refractivity contribution in [2.45, 2.75) is 5.41 Å². The second kappa shape index (κ2) is 11.8. The van der Waals surface area contributed by atoms with E-state index in [1.165, 1.54) is 27.0 Å². The van der Waals surface area contributed by atoms with Crippen LogP contribution in [0.1, 0.15) is 22.3 Å². The summed E-state index contributed by atoms with van der Waals surface area (Å²) in [7, 11) is 0. The lowest BCUT2D eigenvalue weighted by atomic mass is 9.66. The van der Waals surface area contributed by atoms with Crippen molar-refractivity contribution in [1.82, 2.24) is 15.0 Å². The topological polar surface area (TPSA) is 61.0 Å². The average Bonchev–Trinajstić information content (AvgIpc) is 3.95. The molecule has 3 aromatic heterocycles. The van der Waals surface area contributed by atoms with Crippen LogP contribution in [-0.2, 0) is 5.41 Å². The molecule has 0 radical (unpaired) electrons. The molecule has 2 aliphatic rings. The SMILES string of the molecule is c1ccc(-c2nc(-c3ccc4c(c3)Oc3ccccc3C43c4ccccc4-c4ccccc43)nc(-c3cc4c5ccccc5oc4c4c3sc3ccccc34)n2)cc1. The van der Waals surface area contributed by atoms with Crippen LogP contribution in [0.3, 0.4) is 0 Å². The van der Waals surface area contributed by atoms with Gasteiger partial charge in [-0.05, 0) is 52.6 Å². The number of para-hydroxylation sites is 2. The number of aromatic nitrogens is 3. The molecule has 0 amide bonds. The highest BCUT2D eigenvalue weighted by Gasteiger charge is 2.51. The van der Waals surface area contributed by atoms with E-state index in [4.69, 9.17) is 24.1 Å². The number of thiophene rings is 1. The summed E-state index contributed by atoms with van der Waals surface area (Å²) < 4.78 is 15.7. The first-order valence-corrected chi connectivity index (χ1v) is 20.2. The number of fused-ring (bicyclic) bond motifs is 16. The van der Waals surface area contributed by atoms with Crippen molar-refractivity contribution in [2.24, 2.45) is 0 Å². The first kappa shape index (κ1) is 31.8. The summed E-state index contributed by atoms with van der Waals surface area (Å²) in [6.45, 7) is 0. The molecule has 0 saturated heterocycles. The molecular formula is C52H29N3O2S. The summed E-state index contributed by atoms with van der Waals surface area (Å²) in [5, 5.41) is 4.33. The van der Waals surface area contributed by atoms with Crippen LogP contribution in [0.25, 0.3) is 87.4 Å². The zero-order valence-electron chi connectivity index (χ0n) is 30.8. The number of ether oxygens (including phenoxy) is 1. The van der Waals surface area contributed by atoms with Crippen LogP contribution in [0, 0.1) is 0 Å². The molecule has 1 spiro atoms. The Morgan fingerprint density at radius 2 is 1.05 bits per heavy atom. The Balaban J connectivity index is 1.07. The number of benzene rings is 8. The number of hydrogen-bond donors (Lipinski definition) is 0. The van der Waals surface area contributed by atoms with Crippen LogP contribution in [0.2, 0.25) is 0 Å². The summed E-state index contributed by atoms with van der Waals surface area (Å²) >= 11 is 1.74. The fraction of sp³-hybridized carbons (Fsp3) is 0.0192. The van der Waals surface area contributed by atoms with Crippen LogP contribution >= 0.6 is 11.3 Å². The quantitative estimate of drug-likeness (QED) is 0.179. The number of nitrogens with zero attached hydrogens (tertiary/aromatic N) is 3. The maximum atomic E-state index is 6.88. The molecular weight excluding hydrogens is 731 g/mol. The van der Waals surface area contributed by atoms with Gasteiger partial charge in [-0.25, -0.2) is 15.0 Å². The Morgan fingerprint density at radius 1 is 0.431 bits per heavy atom. The zero-order valence-corrected chi connectivity index (χ0v) is 31.6. The fourth-order valence-electron chi connectivity index (χ4n) is 9.57. The highest BCUT2D eigenvalue weighted by molar-refractivity contribution is 7.26. The number of rotatable bonds is 3. The molecule has 8 aromatic carbocycles. The molecule has 5 nitrogen and oxygen atoms in total. The van der Waals surface area contributed by atoms with Crippen LogP contribution in [0.4, 0.5) is 0 Å². The van der Waals surface area contributed by atoms with E-state index >= 15 is 0 Å². The van der Waals surface area contributed by atoms with Gasteiger partial charge in [-0.3, -0.25) is 0 Å². The van der Waals surface area contributed by atoms with Crippen LogP contribution in [0.5, 0.6) is 11.5 Å². The molecule has 1 aliphatic carbocycles. The van der Waals surface area contributed by atoms with Crippen LogP contribution in [-0.4, -0.2) is 15.0 Å². The lowest BCUT2D eigenvalue weighted by Crippen LogP contribution is -2.32. The summed E-state index contributed by atoms with van der Waals surface area (Å²) in [5.41, 5.74) is 11.1. The van der Waals surface area contributed by atoms with Gasteiger partial charge in [0, 0.05) is 54.1 Å². The molecule has 0 saturated carbocycles. The molecule has 13 rings (SSSR count). The lowest BCUT2D eigenvalue weighted by Gasteiger charge is -2.39. The van der Waals surface area contributed by atoms with E-state index < -0.39 is 5.41 Å². The number of hydrogen-bond acceptors (Lipinski definition) is 6. The Hall–Kier alpha value is -7.41. The number of furan rings is 1. The van der Waals surface area contributed by atoms with Crippen molar-refractivity contribution in [1.29, 1.82) is 0 Å². The van der Waals surface area contributed by atoms with Crippen molar-refractivity contribution >= 4 is 53.4 Å². The highest BCUT2D eigenvalue weighted by atomic mass is 32.1.